The molecule has 2 aromatic rings. The molecule has 0 radical (unpaired) electrons. The van der Waals surface area contributed by atoms with Crippen LogP contribution in [-0.2, 0) is 6.54 Å². The summed E-state index contributed by atoms with van der Waals surface area (Å²) in [5, 5.41) is 22.9. The van der Waals surface area contributed by atoms with E-state index in [9.17, 15) is 10.1 Å². The Morgan fingerprint density at radius 1 is 1.40 bits per heavy atom. The first-order valence-electron chi connectivity index (χ1n) is 5.80. The zero-order chi connectivity index (χ0) is 14.5. The van der Waals surface area contributed by atoms with Crippen molar-refractivity contribution in [1.29, 1.82) is 5.26 Å². The van der Waals surface area contributed by atoms with Crippen molar-refractivity contribution in [2.24, 2.45) is 0 Å². The molecule has 2 rings (SSSR count). The van der Waals surface area contributed by atoms with Crippen LogP contribution in [0.5, 0.6) is 0 Å². The van der Waals surface area contributed by atoms with Crippen LogP contribution in [0, 0.1) is 28.4 Å². The second-order valence-electron chi connectivity index (χ2n) is 4.07. The van der Waals surface area contributed by atoms with Gasteiger partial charge in [0.15, 0.2) is 0 Å². The van der Waals surface area contributed by atoms with Gasteiger partial charge in [0.1, 0.15) is 17.3 Å². The Kier molecular flexibility index (Phi) is 3.86. The van der Waals surface area contributed by atoms with Gasteiger partial charge in [-0.1, -0.05) is 6.07 Å². The first-order chi connectivity index (χ1) is 9.61. The molecule has 0 atom stereocenters. The summed E-state index contributed by atoms with van der Waals surface area (Å²) in [6, 6.07) is 6.37. The van der Waals surface area contributed by atoms with Gasteiger partial charge >= 0.3 is 5.69 Å². The van der Waals surface area contributed by atoms with E-state index in [1.54, 1.807) is 24.5 Å². The summed E-state index contributed by atoms with van der Waals surface area (Å²) in [6.07, 6.45) is 3.22. The minimum absolute atomic E-state index is 0.0231. The molecule has 1 heterocycles. The fourth-order valence-corrected chi connectivity index (χ4v) is 1.67. The smallest absolute Gasteiger partial charge is 0.309 e. The molecule has 20 heavy (non-hydrogen) atoms. The van der Waals surface area contributed by atoms with Gasteiger partial charge in [-0.2, -0.15) is 5.26 Å². The van der Waals surface area contributed by atoms with Gasteiger partial charge in [0.05, 0.1) is 29.1 Å². The fourth-order valence-electron chi connectivity index (χ4n) is 1.67. The third-order valence-corrected chi connectivity index (χ3v) is 2.63. The topological polar surface area (TPSA) is 105 Å². The second-order valence-corrected chi connectivity index (χ2v) is 4.07. The van der Waals surface area contributed by atoms with Crippen LogP contribution in [0.2, 0.25) is 0 Å². The number of benzene rings is 1. The Morgan fingerprint density at radius 2 is 2.20 bits per heavy atom. The molecule has 0 saturated carbocycles. The molecule has 1 aromatic carbocycles. The van der Waals surface area contributed by atoms with Crippen molar-refractivity contribution < 1.29 is 4.92 Å². The molecule has 1 aromatic heterocycles. The van der Waals surface area contributed by atoms with Crippen LogP contribution in [-0.4, -0.2) is 14.9 Å². The van der Waals surface area contributed by atoms with E-state index < -0.39 is 4.92 Å². The summed E-state index contributed by atoms with van der Waals surface area (Å²) < 4.78 is 0. The van der Waals surface area contributed by atoms with E-state index in [0.29, 0.717) is 12.2 Å². The molecule has 0 bridgehead atoms. The Morgan fingerprint density at radius 3 is 2.80 bits per heavy atom. The van der Waals surface area contributed by atoms with Crippen molar-refractivity contribution >= 4 is 11.4 Å². The number of anilines is 1. The van der Waals surface area contributed by atoms with Crippen LogP contribution in [0.25, 0.3) is 0 Å². The molecule has 0 unspecified atom stereocenters. The lowest BCUT2D eigenvalue weighted by Gasteiger charge is -2.07. The molecule has 0 fully saturated rings. The van der Waals surface area contributed by atoms with Gasteiger partial charge in [0.25, 0.3) is 0 Å². The Balaban J connectivity index is 2.23. The number of aryl methyl sites for hydroxylation is 1. The molecule has 0 spiro atoms. The lowest BCUT2D eigenvalue weighted by atomic mass is 10.1. The minimum Gasteiger partial charge on any atom is -0.374 e. The maximum Gasteiger partial charge on any atom is 0.309 e. The lowest BCUT2D eigenvalue weighted by molar-refractivity contribution is -0.384. The highest BCUT2D eigenvalue weighted by molar-refractivity contribution is 5.68. The van der Waals surface area contributed by atoms with Gasteiger partial charge in [-0.25, -0.2) is 0 Å². The number of nitriles is 1. The van der Waals surface area contributed by atoms with Crippen molar-refractivity contribution in [3.8, 4) is 6.07 Å². The number of nitrogens with one attached hydrogen (secondary N) is 1. The fraction of sp³-hybridized carbons (Fsp3) is 0.154. The molecule has 0 aliphatic rings. The summed E-state index contributed by atoms with van der Waals surface area (Å²) in [5.41, 5.74) is 1.54. The minimum atomic E-state index is -0.568. The number of rotatable bonds is 4. The van der Waals surface area contributed by atoms with Crippen LogP contribution in [0.3, 0.4) is 0 Å². The van der Waals surface area contributed by atoms with Crippen molar-refractivity contribution in [3.63, 3.8) is 0 Å². The number of para-hydroxylation sites is 1. The Bertz CT molecular complexity index is 676. The quantitative estimate of drug-likeness (QED) is 0.673. The lowest BCUT2D eigenvalue weighted by Crippen LogP contribution is -2.05. The van der Waals surface area contributed by atoms with Gasteiger partial charge in [-0.15, -0.1) is 0 Å². The molecule has 7 heteroatoms. The van der Waals surface area contributed by atoms with E-state index in [2.05, 4.69) is 15.3 Å². The monoisotopic (exact) mass is 269 g/mol. The van der Waals surface area contributed by atoms with E-state index >= 15 is 0 Å². The van der Waals surface area contributed by atoms with E-state index in [1.807, 2.05) is 13.0 Å². The Hall–Kier alpha value is -3.01. The second kappa shape index (κ2) is 5.75. The molecule has 1 N–H and O–H groups in total. The van der Waals surface area contributed by atoms with E-state index in [4.69, 9.17) is 5.26 Å². The molecule has 0 amide bonds. The number of nitrogens with zero attached hydrogens (tertiary/aromatic N) is 4. The average Bonchev–Trinajstić information content (AvgIpc) is 2.46. The third-order valence-electron chi connectivity index (χ3n) is 2.63. The van der Waals surface area contributed by atoms with E-state index in [1.165, 1.54) is 6.07 Å². The maximum atomic E-state index is 11.0. The van der Waals surface area contributed by atoms with Crippen LogP contribution in [0.4, 0.5) is 11.4 Å². The van der Waals surface area contributed by atoms with Crippen molar-refractivity contribution in [3.05, 3.63) is 57.7 Å². The predicted octanol–water partition coefficient (Wildman–Crippen LogP) is 2.18. The van der Waals surface area contributed by atoms with Crippen LogP contribution < -0.4 is 5.32 Å². The zero-order valence-electron chi connectivity index (χ0n) is 10.7. The highest BCUT2D eigenvalue weighted by atomic mass is 16.6. The first-order valence-corrected chi connectivity index (χ1v) is 5.80. The summed E-state index contributed by atoms with van der Waals surface area (Å²) in [4.78, 5) is 18.7. The summed E-state index contributed by atoms with van der Waals surface area (Å²) >= 11 is 0. The van der Waals surface area contributed by atoms with Crippen molar-refractivity contribution in [2.45, 2.75) is 13.5 Å². The van der Waals surface area contributed by atoms with Crippen LogP contribution >= 0.6 is 0 Å². The number of hydrogen-bond acceptors (Lipinski definition) is 6. The highest BCUT2D eigenvalue weighted by Gasteiger charge is 2.19. The van der Waals surface area contributed by atoms with Gasteiger partial charge in [-0.05, 0) is 19.1 Å². The summed E-state index contributed by atoms with van der Waals surface area (Å²) in [6.45, 7) is 2.12. The normalized spacial score (nSPS) is 9.80. The summed E-state index contributed by atoms with van der Waals surface area (Å²) in [7, 11) is 0. The van der Waals surface area contributed by atoms with Gasteiger partial charge in [0.2, 0.25) is 0 Å². The van der Waals surface area contributed by atoms with Gasteiger partial charge in [0, 0.05) is 6.20 Å². The molecule has 0 aliphatic carbocycles. The zero-order valence-corrected chi connectivity index (χ0v) is 10.7. The third kappa shape index (κ3) is 2.87. The number of hydrogen-bond donors (Lipinski definition) is 1. The molecule has 100 valence electrons. The number of aromatic nitrogens is 2. The first kappa shape index (κ1) is 13.4. The van der Waals surface area contributed by atoms with Crippen molar-refractivity contribution in [1.82, 2.24) is 9.97 Å². The van der Waals surface area contributed by atoms with Crippen molar-refractivity contribution in [2.75, 3.05) is 5.32 Å². The molecular formula is C13H11N5O2. The van der Waals surface area contributed by atoms with Crippen LogP contribution in [0.15, 0.2) is 30.6 Å². The predicted molar refractivity (Wildman–Crippen MR) is 71.9 cm³/mol. The number of nitro groups is 1. The number of nitro benzene ring substituents is 1. The standard InChI is InChI=1S/C13H11N5O2/c1-9-6-16-11(7-15-9)8-17-12-4-2-3-10(5-14)13(12)18(19)20/h2-4,6-7,17H,8H2,1H3. The molecular weight excluding hydrogens is 258 g/mol. The Labute approximate surface area is 115 Å². The molecule has 0 saturated heterocycles. The van der Waals surface area contributed by atoms with E-state index in [0.717, 1.165) is 5.69 Å². The highest BCUT2D eigenvalue weighted by Crippen LogP contribution is 2.28. The molecule has 0 aliphatic heterocycles. The van der Waals surface area contributed by atoms with Crippen LogP contribution in [0.1, 0.15) is 17.0 Å². The average molecular weight is 269 g/mol. The van der Waals surface area contributed by atoms with Gasteiger partial charge in [-0.3, -0.25) is 20.1 Å². The summed E-state index contributed by atoms with van der Waals surface area (Å²) in [5.74, 6) is 0. The maximum absolute atomic E-state index is 11.0. The van der Waals surface area contributed by atoms with E-state index in [-0.39, 0.29) is 16.9 Å². The van der Waals surface area contributed by atoms with Gasteiger partial charge < -0.3 is 5.32 Å². The molecule has 7 nitrogen and oxygen atoms in total. The SMILES string of the molecule is Cc1cnc(CNc2cccc(C#N)c2[N+](=O)[O-])cn1. The largest absolute Gasteiger partial charge is 0.374 e.